The second kappa shape index (κ2) is 14.1. The Morgan fingerprint density at radius 2 is 1.59 bits per heavy atom. The molecule has 1 N–H and O–H groups in total. The molecule has 0 heterocycles. The largest absolute Gasteiger partial charge is 0.352 e. The molecule has 3 aromatic carbocycles. The lowest BCUT2D eigenvalue weighted by Crippen LogP contribution is -2.54. The van der Waals surface area contributed by atoms with E-state index >= 15 is 0 Å². The van der Waals surface area contributed by atoms with Gasteiger partial charge < -0.3 is 10.2 Å². The number of sulfonamides is 1. The summed E-state index contributed by atoms with van der Waals surface area (Å²) in [4.78, 5) is 29.0. The van der Waals surface area contributed by atoms with E-state index in [0.717, 1.165) is 42.0 Å². The lowest BCUT2D eigenvalue weighted by atomic mass is 9.94. The van der Waals surface area contributed by atoms with Crippen LogP contribution in [0.25, 0.3) is 0 Å². The fourth-order valence-electron chi connectivity index (χ4n) is 5.06. The summed E-state index contributed by atoms with van der Waals surface area (Å²) in [7, 11) is -2.74. The van der Waals surface area contributed by atoms with E-state index in [1.54, 1.807) is 18.2 Å². The molecule has 0 radical (unpaired) electrons. The average Bonchev–Trinajstić information content (AvgIpc) is 2.97. The number of benzene rings is 3. The first-order valence-electron chi connectivity index (χ1n) is 13.7. The minimum absolute atomic E-state index is 0.00658. The van der Waals surface area contributed by atoms with E-state index in [4.69, 9.17) is 11.6 Å². The number of halogens is 2. The van der Waals surface area contributed by atoms with Crippen LogP contribution in [0.4, 0.5) is 4.39 Å². The zero-order chi connectivity index (χ0) is 29.4. The number of hydrogen-bond acceptors (Lipinski definition) is 4. The first-order valence-corrected chi connectivity index (χ1v) is 15.6. The van der Waals surface area contributed by atoms with Gasteiger partial charge in [-0.25, -0.2) is 12.8 Å². The van der Waals surface area contributed by atoms with E-state index in [1.807, 2.05) is 30.3 Å². The molecule has 1 aliphatic rings. The number of amides is 2. The number of hydrogen-bond donors (Lipinski definition) is 1. The number of nitrogens with one attached hydrogen (secondary N) is 1. The summed E-state index contributed by atoms with van der Waals surface area (Å²) in [5.41, 5.74) is 1.05. The quantitative estimate of drug-likeness (QED) is 0.329. The third kappa shape index (κ3) is 8.15. The summed E-state index contributed by atoms with van der Waals surface area (Å²) in [5.74, 6) is -1.47. The van der Waals surface area contributed by atoms with Crippen molar-refractivity contribution < 1.29 is 22.4 Å². The molecule has 7 nitrogen and oxygen atoms in total. The number of likely N-dealkylation sites (N-methyl/N-ethyl adjacent to an activating group) is 1. The van der Waals surface area contributed by atoms with Crippen molar-refractivity contribution in [3.05, 3.63) is 101 Å². The predicted octanol–water partition coefficient (Wildman–Crippen LogP) is 5.19. The summed E-state index contributed by atoms with van der Waals surface area (Å²) < 4.78 is 42.3. The van der Waals surface area contributed by atoms with Gasteiger partial charge in [0.25, 0.3) is 0 Å². The third-order valence-corrected chi connectivity index (χ3v) is 9.47. The van der Waals surface area contributed by atoms with Crippen LogP contribution in [0.2, 0.25) is 5.02 Å². The smallest absolute Gasteiger partial charge is 0.243 e. The van der Waals surface area contributed by atoms with Gasteiger partial charge in [-0.15, -0.1) is 0 Å². The molecule has 3 aromatic rings. The Morgan fingerprint density at radius 3 is 2.24 bits per heavy atom. The van der Waals surface area contributed by atoms with Crippen LogP contribution in [-0.4, -0.2) is 55.1 Å². The second-order valence-electron chi connectivity index (χ2n) is 10.4. The van der Waals surface area contributed by atoms with Gasteiger partial charge >= 0.3 is 0 Å². The molecule has 1 atom stereocenters. The standard InChI is InChI=1S/C31H35ClFN3O4S/c1-35(41(39,40)27-18-16-25(32)17-19-27)22-30(37)36(21-24-12-8-9-15-28(24)33)29(20-23-10-4-2-5-11-23)31(38)34-26-13-6-3-7-14-26/h2,4-5,8-12,15-19,26,29H,3,6-7,13-14,20-22H2,1H3,(H,34,38)/t29-/m0/s1. The topological polar surface area (TPSA) is 86.8 Å². The lowest BCUT2D eigenvalue weighted by Gasteiger charge is -2.34. The molecule has 0 spiro atoms. The second-order valence-corrected chi connectivity index (χ2v) is 12.9. The lowest BCUT2D eigenvalue weighted by molar-refractivity contribution is -0.141. The summed E-state index contributed by atoms with van der Waals surface area (Å²) >= 11 is 5.92. The fraction of sp³-hybridized carbons (Fsp3) is 0.355. The third-order valence-electron chi connectivity index (χ3n) is 7.40. The van der Waals surface area contributed by atoms with Gasteiger partial charge in [-0.05, 0) is 48.7 Å². The van der Waals surface area contributed by atoms with Crippen LogP contribution < -0.4 is 5.32 Å². The van der Waals surface area contributed by atoms with E-state index in [1.165, 1.54) is 42.3 Å². The number of carbonyl (C=O) groups is 2. The monoisotopic (exact) mass is 599 g/mol. The molecule has 2 amide bonds. The van der Waals surface area contributed by atoms with Crippen molar-refractivity contribution in [1.29, 1.82) is 0 Å². The normalized spacial score (nSPS) is 14.9. The van der Waals surface area contributed by atoms with Gasteiger partial charge in [-0.2, -0.15) is 4.31 Å². The highest BCUT2D eigenvalue weighted by Crippen LogP contribution is 2.22. The molecule has 1 fully saturated rings. The molecule has 0 aromatic heterocycles. The Balaban J connectivity index is 1.66. The molecule has 0 saturated heterocycles. The van der Waals surface area contributed by atoms with Crippen molar-refractivity contribution in [3.8, 4) is 0 Å². The molecule has 41 heavy (non-hydrogen) atoms. The Kier molecular flexibility index (Phi) is 10.5. The maximum atomic E-state index is 14.8. The van der Waals surface area contributed by atoms with Gasteiger partial charge in [0.1, 0.15) is 11.9 Å². The van der Waals surface area contributed by atoms with Gasteiger partial charge in [-0.1, -0.05) is 79.4 Å². The first kappa shape index (κ1) is 30.7. The van der Waals surface area contributed by atoms with Crippen molar-refractivity contribution in [1.82, 2.24) is 14.5 Å². The maximum absolute atomic E-state index is 14.8. The van der Waals surface area contributed by atoms with Crippen molar-refractivity contribution in [2.24, 2.45) is 0 Å². The van der Waals surface area contributed by atoms with Crippen molar-refractivity contribution >= 4 is 33.4 Å². The van der Waals surface area contributed by atoms with Gasteiger partial charge in [0.05, 0.1) is 11.4 Å². The summed E-state index contributed by atoms with van der Waals surface area (Å²) in [6, 6.07) is 20.0. The van der Waals surface area contributed by atoms with Gasteiger partial charge in [0.15, 0.2) is 0 Å². The van der Waals surface area contributed by atoms with Crippen molar-refractivity contribution in [2.45, 2.75) is 62.0 Å². The minimum Gasteiger partial charge on any atom is -0.352 e. The Morgan fingerprint density at radius 1 is 0.951 bits per heavy atom. The molecular formula is C31H35ClFN3O4S. The molecule has 10 heteroatoms. The molecule has 4 rings (SSSR count). The van der Waals surface area contributed by atoms with Crippen LogP contribution in [0.1, 0.15) is 43.2 Å². The zero-order valence-electron chi connectivity index (χ0n) is 23.0. The first-order chi connectivity index (χ1) is 19.6. The Hall–Kier alpha value is -3.27. The summed E-state index contributed by atoms with van der Waals surface area (Å²) in [5, 5.41) is 3.50. The number of carbonyl (C=O) groups excluding carboxylic acids is 2. The highest BCUT2D eigenvalue weighted by Gasteiger charge is 2.34. The van der Waals surface area contributed by atoms with Crippen LogP contribution in [0.3, 0.4) is 0 Å². The molecule has 0 bridgehead atoms. The summed E-state index contributed by atoms with van der Waals surface area (Å²) in [6.07, 6.45) is 5.04. The van der Waals surface area contributed by atoms with Crippen molar-refractivity contribution in [3.63, 3.8) is 0 Å². The van der Waals surface area contributed by atoms with Gasteiger partial charge in [0.2, 0.25) is 21.8 Å². The van der Waals surface area contributed by atoms with Crippen LogP contribution in [0.5, 0.6) is 0 Å². The zero-order valence-corrected chi connectivity index (χ0v) is 24.6. The van der Waals surface area contributed by atoms with E-state index in [9.17, 15) is 22.4 Å². The molecular weight excluding hydrogens is 565 g/mol. The highest BCUT2D eigenvalue weighted by molar-refractivity contribution is 7.89. The molecule has 1 saturated carbocycles. The van der Waals surface area contributed by atoms with Crippen LogP contribution in [0.15, 0.2) is 83.8 Å². The van der Waals surface area contributed by atoms with E-state index < -0.39 is 34.3 Å². The molecule has 218 valence electrons. The van der Waals surface area contributed by atoms with Gasteiger partial charge in [-0.3, -0.25) is 9.59 Å². The van der Waals surface area contributed by atoms with E-state index in [-0.39, 0.29) is 35.4 Å². The highest BCUT2D eigenvalue weighted by atomic mass is 35.5. The Labute approximate surface area is 246 Å². The van der Waals surface area contributed by atoms with Crippen molar-refractivity contribution in [2.75, 3.05) is 13.6 Å². The van der Waals surface area contributed by atoms with Crippen LogP contribution in [0, 0.1) is 5.82 Å². The Bertz CT molecular complexity index is 1430. The maximum Gasteiger partial charge on any atom is 0.243 e. The predicted molar refractivity (Wildman–Crippen MR) is 157 cm³/mol. The molecule has 0 unspecified atom stereocenters. The average molecular weight is 600 g/mol. The number of nitrogens with zero attached hydrogens (tertiary/aromatic N) is 2. The van der Waals surface area contributed by atoms with E-state index in [2.05, 4.69) is 5.32 Å². The van der Waals surface area contributed by atoms with E-state index in [0.29, 0.717) is 5.02 Å². The van der Waals surface area contributed by atoms with Crippen LogP contribution in [-0.2, 0) is 32.6 Å². The molecule has 1 aliphatic carbocycles. The summed E-state index contributed by atoms with van der Waals surface area (Å²) in [6.45, 7) is -0.739. The minimum atomic E-state index is -4.04. The molecule has 0 aliphatic heterocycles. The number of rotatable bonds is 11. The fourth-order valence-corrected chi connectivity index (χ4v) is 6.31. The SMILES string of the molecule is CN(CC(=O)N(Cc1ccccc1F)[C@@H](Cc1ccccc1)C(=O)NC1CCCCC1)S(=O)(=O)c1ccc(Cl)cc1. The van der Waals surface area contributed by atoms with Gasteiger partial charge in [0, 0.05) is 36.6 Å². The van der Waals surface area contributed by atoms with Crippen LogP contribution >= 0.6 is 11.6 Å².